The largest absolute Gasteiger partial charge is 0.272 e. The van der Waals surface area contributed by atoms with Crippen LogP contribution < -0.4 is 0 Å². The smallest absolute Gasteiger partial charge is 0.160 e. The van der Waals surface area contributed by atoms with Crippen LogP contribution >= 0.6 is 34.8 Å². The summed E-state index contributed by atoms with van der Waals surface area (Å²) in [7, 11) is 3.73. The summed E-state index contributed by atoms with van der Waals surface area (Å²) in [5, 5.41) is 14.6. The zero-order chi connectivity index (χ0) is 21.5. The molecule has 0 radical (unpaired) electrons. The van der Waals surface area contributed by atoms with Crippen LogP contribution in [0.2, 0.25) is 15.1 Å². The fourth-order valence-corrected chi connectivity index (χ4v) is 3.52. The first-order valence-corrected chi connectivity index (χ1v) is 10.4. The van der Waals surface area contributed by atoms with Crippen molar-refractivity contribution in [2.75, 3.05) is 14.1 Å². The van der Waals surface area contributed by atoms with Crippen molar-refractivity contribution in [1.82, 2.24) is 10.0 Å². The number of benzene rings is 3. The maximum Gasteiger partial charge on any atom is 0.160 e. The zero-order valence-electron chi connectivity index (χ0n) is 16.6. The average molecular weight is 460 g/mol. The molecular weight excluding hydrogens is 439 g/mol. The Balaban J connectivity index is 1.91. The number of halogens is 3. The van der Waals surface area contributed by atoms with Gasteiger partial charge in [-0.3, -0.25) is 10.0 Å². The minimum absolute atomic E-state index is 0.351. The van der Waals surface area contributed by atoms with Crippen molar-refractivity contribution in [3.8, 4) is 0 Å². The molecule has 0 aromatic heterocycles. The number of hydrogen-bond donors (Lipinski definition) is 0. The molecule has 0 amide bonds. The predicted molar refractivity (Wildman–Crippen MR) is 128 cm³/mol. The standard InChI is InChI=1S/C23H21Cl3N4/c1-29(27-15-17-9-3-6-12-20(17)24)23(19-11-5-8-14-22(19)26)30(2)28-16-18-10-4-7-13-21(18)25/h3-16,23H,1-2H3/b27-15-,28-16+. The molecule has 3 aromatic carbocycles. The van der Waals surface area contributed by atoms with E-state index in [-0.39, 0.29) is 6.17 Å². The van der Waals surface area contributed by atoms with E-state index in [1.165, 1.54) is 0 Å². The van der Waals surface area contributed by atoms with Gasteiger partial charge in [0.15, 0.2) is 6.17 Å². The van der Waals surface area contributed by atoms with Gasteiger partial charge in [-0.1, -0.05) is 89.4 Å². The lowest BCUT2D eigenvalue weighted by Crippen LogP contribution is -2.32. The first-order chi connectivity index (χ1) is 14.5. The molecule has 7 heteroatoms. The van der Waals surface area contributed by atoms with Crippen LogP contribution in [0.4, 0.5) is 0 Å². The van der Waals surface area contributed by atoms with E-state index in [0.29, 0.717) is 15.1 Å². The molecule has 3 rings (SSSR count). The van der Waals surface area contributed by atoms with Gasteiger partial charge in [0.1, 0.15) is 0 Å². The topological polar surface area (TPSA) is 31.2 Å². The molecule has 0 fully saturated rings. The second-order valence-electron chi connectivity index (χ2n) is 6.57. The van der Waals surface area contributed by atoms with Crippen LogP contribution in [0.5, 0.6) is 0 Å². The van der Waals surface area contributed by atoms with Crippen LogP contribution in [0.1, 0.15) is 22.9 Å². The van der Waals surface area contributed by atoms with Crippen molar-refractivity contribution >= 4 is 47.2 Å². The second kappa shape index (κ2) is 10.5. The first-order valence-electron chi connectivity index (χ1n) is 9.24. The summed E-state index contributed by atoms with van der Waals surface area (Å²) in [6, 6.07) is 22.7. The Labute approximate surface area is 192 Å². The monoisotopic (exact) mass is 458 g/mol. The van der Waals surface area contributed by atoms with Crippen LogP contribution in [0, 0.1) is 0 Å². The van der Waals surface area contributed by atoms with E-state index in [0.717, 1.165) is 16.7 Å². The third-order valence-electron chi connectivity index (χ3n) is 4.46. The summed E-state index contributed by atoms with van der Waals surface area (Å²) in [5.41, 5.74) is 2.52. The molecule has 0 saturated carbocycles. The minimum atomic E-state index is -0.351. The van der Waals surface area contributed by atoms with Gasteiger partial charge in [-0.2, -0.15) is 10.2 Å². The molecular formula is C23H21Cl3N4. The fraction of sp³-hybridized carbons (Fsp3) is 0.130. The molecule has 0 aliphatic carbocycles. The maximum absolute atomic E-state index is 6.49. The minimum Gasteiger partial charge on any atom is -0.272 e. The molecule has 3 aromatic rings. The van der Waals surface area contributed by atoms with Crippen molar-refractivity contribution < 1.29 is 0 Å². The van der Waals surface area contributed by atoms with Gasteiger partial charge in [-0.05, 0) is 18.2 Å². The van der Waals surface area contributed by atoms with E-state index in [2.05, 4.69) is 10.2 Å². The normalized spacial score (nSPS) is 12.4. The highest BCUT2D eigenvalue weighted by Crippen LogP contribution is 2.29. The van der Waals surface area contributed by atoms with Crippen LogP contribution in [-0.4, -0.2) is 36.5 Å². The molecule has 0 saturated heterocycles. The second-order valence-corrected chi connectivity index (χ2v) is 7.80. The summed E-state index contributed by atoms with van der Waals surface area (Å²) in [5.74, 6) is 0. The Morgan fingerprint density at radius 1 is 0.633 bits per heavy atom. The van der Waals surface area contributed by atoms with Crippen molar-refractivity contribution in [2.24, 2.45) is 10.2 Å². The predicted octanol–water partition coefficient (Wildman–Crippen LogP) is 6.58. The van der Waals surface area contributed by atoms with Crippen LogP contribution in [-0.2, 0) is 0 Å². The van der Waals surface area contributed by atoms with E-state index in [4.69, 9.17) is 34.8 Å². The Bertz CT molecular complexity index is 990. The highest BCUT2D eigenvalue weighted by atomic mass is 35.5. The van der Waals surface area contributed by atoms with Gasteiger partial charge in [0.2, 0.25) is 0 Å². The lowest BCUT2D eigenvalue weighted by atomic mass is 10.1. The number of nitrogens with zero attached hydrogens (tertiary/aromatic N) is 4. The van der Waals surface area contributed by atoms with Gasteiger partial charge in [-0.25, -0.2) is 0 Å². The summed E-state index contributed by atoms with van der Waals surface area (Å²) in [4.78, 5) is 0. The van der Waals surface area contributed by atoms with Crippen LogP contribution in [0.15, 0.2) is 83.0 Å². The third-order valence-corrected chi connectivity index (χ3v) is 5.49. The van der Waals surface area contributed by atoms with Gasteiger partial charge in [0.25, 0.3) is 0 Å². The molecule has 0 bridgehead atoms. The molecule has 0 spiro atoms. The van der Waals surface area contributed by atoms with Gasteiger partial charge in [0.05, 0.1) is 12.4 Å². The SMILES string of the molecule is CN(/N=C\c1ccccc1Cl)C(c1ccccc1Cl)N(C)/N=C/c1ccccc1Cl. The van der Waals surface area contributed by atoms with Gasteiger partial charge in [-0.15, -0.1) is 0 Å². The fourth-order valence-electron chi connectivity index (χ4n) is 2.92. The van der Waals surface area contributed by atoms with Crippen LogP contribution in [0.3, 0.4) is 0 Å². The van der Waals surface area contributed by atoms with Crippen molar-refractivity contribution in [3.63, 3.8) is 0 Å². The third kappa shape index (κ3) is 5.54. The molecule has 154 valence electrons. The Morgan fingerprint density at radius 3 is 1.47 bits per heavy atom. The van der Waals surface area contributed by atoms with Crippen molar-refractivity contribution in [2.45, 2.75) is 6.17 Å². The van der Waals surface area contributed by atoms with Gasteiger partial charge in [0, 0.05) is 45.9 Å². The van der Waals surface area contributed by atoms with Gasteiger partial charge < -0.3 is 0 Å². The highest BCUT2D eigenvalue weighted by Gasteiger charge is 2.22. The Hall–Kier alpha value is -2.53. The summed E-state index contributed by atoms with van der Waals surface area (Å²) < 4.78 is 0. The first kappa shape index (κ1) is 22.2. The summed E-state index contributed by atoms with van der Waals surface area (Å²) >= 11 is 19.0. The van der Waals surface area contributed by atoms with Crippen molar-refractivity contribution in [3.05, 3.63) is 105 Å². The van der Waals surface area contributed by atoms with E-state index in [9.17, 15) is 0 Å². The van der Waals surface area contributed by atoms with Crippen molar-refractivity contribution in [1.29, 1.82) is 0 Å². The lowest BCUT2D eigenvalue weighted by Gasteiger charge is -2.32. The Morgan fingerprint density at radius 2 is 1.03 bits per heavy atom. The summed E-state index contributed by atoms with van der Waals surface area (Å²) in [6.07, 6.45) is 3.09. The van der Waals surface area contributed by atoms with E-state index < -0.39 is 0 Å². The number of hydrazone groups is 2. The number of hydrogen-bond acceptors (Lipinski definition) is 4. The molecule has 1 unspecified atom stereocenters. The molecule has 0 aliphatic heterocycles. The molecule has 0 aliphatic rings. The molecule has 30 heavy (non-hydrogen) atoms. The van der Waals surface area contributed by atoms with E-state index >= 15 is 0 Å². The molecule has 0 heterocycles. The molecule has 0 N–H and O–H groups in total. The Kier molecular flexibility index (Phi) is 7.75. The van der Waals surface area contributed by atoms with Gasteiger partial charge >= 0.3 is 0 Å². The number of rotatable bonds is 7. The lowest BCUT2D eigenvalue weighted by molar-refractivity contribution is 0.0898. The van der Waals surface area contributed by atoms with Crippen LogP contribution in [0.25, 0.3) is 0 Å². The molecule has 1 atom stereocenters. The summed E-state index contributed by atoms with van der Waals surface area (Å²) in [6.45, 7) is 0. The maximum atomic E-state index is 6.49. The van der Waals surface area contributed by atoms with E-state index in [1.807, 2.05) is 86.9 Å². The average Bonchev–Trinajstić information content (AvgIpc) is 2.74. The van der Waals surface area contributed by atoms with E-state index in [1.54, 1.807) is 22.4 Å². The quantitative estimate of drug-likeness (QED) is 0.227. The zero-order valence-corrected chi connectivity index (χ0v) is 18.9. The molecule has 4 nitrogen and oxygen atoms in total. The highest BCUT2D eigenvalue weighted by molar-refractivity contribution is 6.33.